The smallest absolute Gasteiger partial charge is 0.249 e. The van der Waals surface area contributed by atoms with E-state index >= 15 is 0 Å². The summed E-state index contributed by atoms with van der Waals surface area (Å²) in [5.74, 6) is -0.314. The number of unbranched alkanes of at least 4 members (excludes halogenated alkanes) is 23. The maximum atomic E-state index is 12.5. The largest absolute Gasteiger partial charge is 0.391 e. The standard InChI is InChI=1S/C38H75NO3/c1-4-7-9-11-13-15-17-19-20-22-23-25-27-29-31-33-36(40)35(6-3)39-38(42)37(41)34-32-30-28-26-24-21-18-16-14-12-10-8-5-2/h15,17,35-37,40-41H,4-14,16,18-34H2,1-3H3,(H,39,42)/b17-15-. The second-order valence-corrected chi connectivity index (χ2v) is 13.0. The van der Waals surface area contributed by atoms with Crippen LogP contribution in [0, 0.1) is 0 Å². The summed E-state index contributed by atoms with van der Waals surface area (Å²) >= 11 is 0. The molecule has 3 atom stereocenters. The summed E-state index contributed by atoms with van der Waals surface area (Å²) in [5.41, 5.74) is 0. The lowest BCUT2D eigenvalue weighted by atomic mass is 10.00. The Morgan fingerprint density at radius 2 is 0.881 bits per heavy atom. The van der Waals surface area contributed by atoms with Crippen molar-refractivity contribution in [2.75, 3.05) is 0 Å². The molecule has 0 fully saturated rings. The van der Waals surface area contributed by atoms with Crippen molar-refractivity contribution in [3.05, 3.63) is 12.2 Å². The first kappa shape index (κ1) is 41.1. The van der Waals surface area contributed by atoms with Crippen molar-refractivity contribution in [1.29, 1.82) is 0 Å². The van der Waals surface area contributed by atoms with Gasteiger partial charge < -0.3 is 15.5 Å². The van der Waals surface area contributed by atoms with E-state index in [4.69, 9.17) is 0 Å². The molecule has 0 spiro atoms. The number of rotatable bonds is 33. The molecule has 42 heavy (non-hydrogen) atoms. The third-order valence-electron chi connectivity index (χ3n) is 8.88. The van der Waals surface area contributed by atoms with Crippen LogP contribution >= 0.6 is 0 Å². The Bertz CT molecular complexity index is 579. The summed E-state index contributed by atoms with van der Waals surface area (Å²) in [6, 6.07) is -0.265. The Kier molecular flexibility index (Phi) is 32.3. The van der Waals surface area contributed by atoms with Crippen LogP contribution in [0.4, 0.5) is 0 Å². The first-order valence-corrected chi connectivity index (χ1v) is 18.9. The maximum absolute atomic E-state index is 12.5. The van der Waals surface area contributed by atoms with Gasteiger partial charge >= 0.3 is 0 Å². The number of aliphatic hydroxyl groups excluding tert-OH is 2. The predicted octanol–water partition coefficient (Wildman–Crippen LogP) is 11.1. The average molecular weight is 594 g/mol. The molecule has 3 N–H and O–H groups in total. The fourth-order valence-electron chi connectivity index (χ4n) is 5.86. The summed E-state index contributed by atoms with van der Waals surface area (Å²) in [7, 11) is 0. The van der Waals surface area contributed by atoms with Gasteiger partial charge in [0.25, 0.3) is 0 Å². The third-order valence-corrected chi connectivity index (χ3v) is 8.88. The molecule has 0 bridgehead atoms. The Hall–Kier alpha value is -0.870. The van der Waals surface area contributed by atoms with Gasteiger partial charge in [0.2, 0.25) is 5.91 Å². The molecule has 1 amide bonds. The fourth-order valence-corrected chi connectivity index (χ4v) is 5.86. The summed E-state index contributed by atoms with van der Waals surface area (Å²) in [6.45, 7) is 6.52. The van der Waals surface area contributed by atoms with E-state index in [0.29, 0.717) is 12.8 Å². The van der Waals surface area contributed by atoms with Crippen LogP contribution in [-0.4, -0.2) is 34.4 Å². The van der Waals surface area contributed by atoms with Crippen molar-refractivity contribution in [3.8, 4) is 0 Å². The highest BCUT2D eigenvalue weighted by atomic mass is 16.3. The summed E-state index contributed by atoms with van der Waals surface area (Å²) in [4.78, 5) is 12.5. The van der Waals surface area contributed by atoms with Crippen molar-refractivity contribution in [2.24, 2.45) is 0 Å². The lowest BCUT2D eigenvalue weighted by molar-refractivity contribution is -0.131. The molecule has 0 saturated carbocycles. The Labute approximate surface area is 263 Å². The highest BCUT2D eigenvalue weighted by Gasteiger charge is 2.22. The van der Waals surface area contributed by atoms with Gasteiger partial charge in [-0.15, -0.1) is 0 Å². The molecule has 0 rings (SSSR count). The summed E-state index contributed by atoms with van der Waals surface area (Å²) < 4.78 is 0. The molecule has 3 unspecified atom stereocenters. The summed E-state index contributed by atoms with van der Waals surface area (Å²) in [5, 5.41) is 23.9. The number of allylic oxidation sites excluding steroid dienone is 2. The number of hydrogen-bond acceptors (Lipinski definition) is 3. The minimum Gasteiger partial charge on any atom is -0.391 e. The number of carbonyl (C=O) groups excluding carboxylic acids is 1. The van der Waals surface area contributed by atoms with Gasteiger partial charge in [0, 0.05) is 0 Å². The van der Waals surface area contributed by atoms with Gasteiger partial charge in [-0.05, 0) is 44.9 Å². The topological polar surface area (TPSA) is 69.6 Å². The molecule has 250 valence electrons. The monoisotopic (exact) mass is 594 g/mol. The lowest BCUT2D eigenvalue weighted by Crippen LogP contribution is -2.47. The lowest BCUT2D eigenvalue weighted by Gasteiger charge is -2.24. The van der Waals surface area contributed by atoms with Crippen molar-refractivity contribution < 1.29 is 15.0 Å². The first-order valence-electron chi connectivity index (χ1n) is 18.9. The first-order chi connectivity index (χ1) is 20.6. The van der Waals surface area contributed by atoms with E-state index in [-0.39, 0.29) is 11.9 Å². The van der Waals surface area contributed by atoms with Crippen LogP contribution in [0.3, 0.4) is 0 Å². The van der Waals surface area contributed by atoms with Crippen molar-refractivity contribution in [1.82, 2.24) is 5.32 Å². The Morgan fingerprint density at radius 3 is 1.31 bits per heavy atom. The quantitative estimate of drug-likeness (QED) is 0.0523. The van der Waals surface area contributed by atoms with Crippen LogP contribution in [0.5, 0.6) is 0 Å². The van der Waals surface area contributed by atoms with Crippen LogP contribution in [0.2, 0.25) is 0 Å². The highest BCUT2D eigenvalue weighted by Crippen LogP contribution is 2.16. The highest BCUT2D eigenvalue weighted by molar-refractivity contribution is 5.80. The molecular formula is C38H75NO3. The minimum absolute atomic E-state index is 0.265. The van der Waals surface area contributed by atoms with Gasteiger partial charge in [-0.2, -0.15) is 0 Å². The summed E-state index contributed by atoms with van der Waals surface area (Å²) in [6.07, 6.45) is 38.3. The zero-order valence-corrected chi connectivity index (χ0v) is 28.7. The molecule has 4 nitrogen and oxygen atoms in total. The molecule has 0 radical (unpaired) electrons. The Balaban J connectivity index is 3.69. The van der Waals surface area contributed by atoms with Crippen LogP contribution in [0.25, 0.3) is 0 Å². The van der Waals surface area contributed by atoms with Gasteiger partial charge in [-0.3, -0.25) is 4.79 Å². The van der Waals surface area contributed by atoms with Crippen LogP contribution in [0.1, 0.15) is 207 Å². The molecular weight excluding hydrogens is 518 g/mol. The molecule has 0 aromatic carbocycles. The van der Waals surface area contributed by atoms with Crippen molar-refractivity contribution in [3.63, 3.8) is 0 Å². The van der Waals surface area contributed by atoms with E-state index in [2.05, 4.69) is 31.3 Å². The number of amides is 1. The van der Waals surface area contributed by atoms with Crippen LogP contribution in [0.15, 0.2) is 12.2 Å². The van der Waals surface area contributed by atoms with Gasteiger partial charge in [0.15, 0.2) is 0 Å². The van der Waals surface area contributed by atoms with Gasteiger partial charge in [-0.1, -0.05) is 174 Å². The normalized spacial score (nSPS) is 13.9. The molecule has 0 aliphatic carbocycles. The second-order valence-electron chi connectivity index (χ2n) is 13.0. The van der Waals surface area contributed by atoms with E-state index in [1.54, 1.807) is 0 Å². The molecule has 0 aliphatic heterocycles. The van der Waals surface area contributed by atoms with Gasteiger partial charge in [-0.25, -0.2) is 0 Å². The molecule has 0 aromatic rings. The second kappa shape index (κ2) is 33.0. The zero-order chi connectivity index (χ0) is 30.9. The molecule has 0 aromatic heterocycles. The third kappa shape index (κ3) is 27.9. The van der Waals surface area contributed by atoms with E-state index in [1.807, 2.05) is 6.92 Å². The minimum atomic E-state index is -0.958. The number of hydrogen-bond donors (Lipinski definition) is 3. The van der Waals surface area contributed by atoms with Crippen LogP contribution < -0.4 is 5.32 Å². The number of nitrogens with one attached hydrogen (secondary N) is 1. The SMILES string of the molecule is CCCCCC/C=C\CCCCCCCCCC(O)C(CC)NC(=O)C(O)CCCCCCCCCCCCCCC. The van der Waals surface area contributed by atoms with E-state index in [9.17, 15) is 15.0 Å². The zero-order valence-electron chi connectivity index (χ0n) is 28.7. The van der Waals surface area contributed by atoms with E-state index in [0.717, 1.165) is 32.1 Å². The molecule has 0 aliphatic rings. The molecule has 4 heteroatoms. The van der Waals surface area contributed by atoms with E-state index in [1.165, 1.54) is 141 Å². The molecule has 0 saturated heterocycles. The number of carbonyl (C=O) groups is 1. The average Bonchev–Trinajstić information content (AvgIpc) is 2.99. The predicted molar refractivity (Wildman–Crippen MR) is 184 cm³/mol. The number of aliphatic hydroxyl groups is 2. The van der Waals surface area contributed by atoms with Gasteiger partial charge in [0.05, 0.1) is 12.1 Å². The van der Waals surface area contributed by atoms with Gasteiger partial charge in [0.1, 0.15) is 6.10 Å². The van der Waals surface area contributed by atoms with Crippen molar-refractivity contribution in [2.45, 2.75) is 225 Å². The molecule has 0 heterocycles. The van der Waals surface area contributed by atoms with E-state index < -0.39 is 12.2 Å². The van der Waals surface area contributed by atoms with Crippen molar-refractivity contribution >= 4 is 5.91 Å². The maximum Gasteiger partial charge on any atom is 0.249 e. The van der Waals surface area contributed by atoms with Crippen LogP contribution in [-0.2, 0) is 4.79 Å². The fraction of sp³-hybridized carbons (Fsp3) is 0.921. The Morgan fingerprint density at radius 1 is 0.524 bits per heavy atom.